The summed E-state index contributed by atoms with van der Waals surface area (Å²) in [6, 6.07) is 9.79. The number of hydrogen-bond donors (Lipinski definition) is 3. The van der Waals surface area contributed by atoms with Gasteiger partial charge in [0.2, 0.25) is 0 Å². The highest BCUT2D eigenvalue weighted by atomic mass is 16.5. The molecule has 2 aromatic heterocycles. The highest BCUT2D eigenvalue weighted by Gasteiger charge is 2.53. The van der Waals surface area contributed by atoms with Crippen molar-refractivity contribution in [2.45, 2.75) is 31.0 Å². The fourth-order valence-electron chi connectivity index (χ4n) is 5.20. The summed E-state index contributed by atoms with van der Waals surface area (Å²) in [5, 5.41) is 15.0. The van der Waals surface area contributed by atoms with E-state index in [1.165, 1.54) is 12.0 Å². The number of aliphatic hydroxyl groups excluding tert-OH is 1. The second-order valence-corrected chi connectivity index (χ2v) is 9.40. The van der Waals surface area contributed by atoms with E-state index in [0.717, 1.165) is 24.9 Å². The van der Waals surface area contributed by atoms with Gasteiger partial charge in [-0.25, -0.2) is 9.78 Å². The number of benzene rings is 1. The van der Waals surface area contributed by atoms with Gasteiger partial charge in [-0.15, -0.1) is 0 Å². The van der Waals surface area contributed by atoms with Gasteiger partial charge < -0.3 is 29.4 Å². The number of β-amino-alcohol motifs (C(OH)–C–C–N with tert-alkyl or cyclic N) is 1. The lowest BCUT2D eigenvalue weighted by Crippen LogP contribution is -2.52. The van der Waals surface area contributed by atoms with Crippen molar-refractivity contribution in [3.8, 4) is 5.75 Å². The molecule has 2 saturated heterocycles. The Bertz CT molecular complexity index is 1400. The Morgan fingerprint density at radius 3 is 2.83 bits per heavy atom. The van der Waals surface area contributed by atoms with Crippen LogP contribution in [-0.4, -0.2) is 65.7 Å². The highest BCUT2D eigenvalue weighted by molar-refractivity contribution is 6.08. The van der Waals surface area contributed by atoms with Crippen molar-refractivity contribution >= 4 is 34.8 Å². The number of piperidine rings is 1. The quantitative estimate of drug-likeness (QED) is 0.457. The van der Waals surface area contributed by atoms with Crippen molar-refractivity contribution in [2.24, 2.45) is 0 Å². The number of amides is 4. The molecule has 2 atom stereocenters. The maximum absolute atomic E-state index is 13.2. The molecule has 0 saturated carbocycles. The fourth-order valence-corrected chi connectivity index (χ4v) is 5.20. The standard InChI is InChI=1S/C25H25N5O6/c1-35-16-5-4-14-11-30(22(32)17(14)9-16)13-25(23(33)27-24(34)28-25)20-10-18-19(36-20)6-7-21(26-18)29-8-2-3-15(31)12-29/h4-7,9-10,15,31H,2-3,8,11-13H2,1H3,(H2,27,28,33,34). The fraction of sp³-hybridized carbons (Fsp3) is 0.360. The van der Waals surface area contributed by atoms with Gasteiger partial charge >= 0.3 is 6.03 Å². The summed E-state index contributed by atoms with van der Waals surface area (Å²) < 4.78 is 11.3. The van der Waals surface area contributed by atoms with E-state index in [0.29, 0.717) is 34.8 Å². The van der Waals surface area contributed by atoms with Crippen LogP contribution >= 0.6 is 0 Å². The predicted molar refractivity (Wildman–Crippen MR) is 128 cm³/mol. The molecule has 2 fully saturated rings. The molecule has 5 heterocycles. The number of anilines is 1. The molecule has 6 rings (SSSR count). The van der Waals surface area contributed by atoms with Crippen LogP contribution in [0.25, 0.3) is 11.1 Å². The zero-order valence-electron chi connectivity index (χ0n) is 19.6. The van der Waals surface area contributed by atoms with Crippen LogP contribution < -0.4 is 20.3 Å². The number of aromatic nitrogens is 1. The van der Waals surface area contributed by atoms with Crippen LogP contribution in [0.5, 0.6) is 5.75 Å². The Morgan fingerprint density at radius 2 is 2.08 bits per heavy atom. The number of nitrogens with one attached hydrogen (secondary N) is 2. The second-order valence-electron chi connectivity index (χ2n) is 9.40. The third-order valence-electron chi connectivity index (χ3n) is 7.07. The van der Waals surface area contributed by atoms with Gasteiger partial charge in [0.25, 0.3) is 11.8 Å². The number of hydrogen-bond acceptors (Lipinski definition) is 8. The largest absolute Gasteiger partial charge is 0.497 e. The molecule has 2 unspecified atom stereocenters. The van der Waals surface area contributed by atoms with E-state index < -0.39 is 23.6 Å². The second kappa shape index (κ2) is 8.23. The van der Waals surface area contributed by atoms with Crippen LogP contribution in [0.1, 0.15) is 34.5 Å². The minimum atomic E-state index is -1.61. The van der Waals surface area contributed by atoms with Gasteiger partial charge in [0.15, 0.2) is 11.1 Å². The number of fused-ring (bicyclic) bond motifs is 2. The van der Waals surface area contributed by atoms with E-state index in [1.807, 2.05) is 17.0 Å². The molecule has 11 nitrogen and oxygen atoms in total. The van der Waals surface area contributed by atoms with Crippen LogP contribution in [0.4, 0.5) is 10.6 Å². The number of pyridine rings is 1. The first-order valence-corrected chi connectivity index (χ1v) is 11.8. The maximum atomic E-state index is 13.2. The first-order valence-electron chi connectivity index (χ1n) is 11.8. The number of carbonyl (C=O) groups is 3. The van der Waals surface area contributed by atoms with E-state index in [1.54, 1.807) is 24.3 Å². The molecular formula is C25H25N5O6. The Balaban J connectivity index is 1.34. The lowest BCUT2D eigenvalue weighted by atomic mass is 9.95. The maximum Gasteiger partial charge on any atom is 0.322 e. The number of nitrogens with zero attached hydrogens (tertiary/aromatic N) is 3. The number of ether oxygens (including phenoxy) is 1. The first kappa shape index (κ1) is 22.4. The highest BCUT2D eigenvalue weighted by Crippen LogP contribution is 2.35. The molecule has 0 radical (unpaired) electrons. The summed E-state index contributed by atoms with van der Waals surface area (Å²) >= 11 is 0. The molecular weight excluding hydrogens is 466 g/mol. The molecule has 3 aromatic rings. The summed E-state index contributed by atoms with van der Waals surface area (Å²) in [7, 11) is 1.53. The molecule has 186 valence electrons. The number of methoxy groups -OCH3 is 1. The zero-order chi connectivity index (χ0) is 25.0. The van der Waals surface area contributed by atoms with Gasteiger partial charge in [-0.3, -0.25) is 14.9 Å². The summed E-state index contributed by atoms with van der Waals surface area (Å²) in [6.07, 6.45) is 1.22. The van der Waals surface area contributed by atoms with Crippen molar-refractivity contribution in [1.82, 2.24) is 20.5 Å². The van der Waals surface area contributed by atoms with Crippen LogP contribution in [0.2, 0.25) is 0 Å². The van der Waals surface area contributed by atoms with Crippen molar-refractivity contribution in [3.63, 3.8) is 0 Å². The average molecular weight is 492 g/mol. The average Bonchev–Trinajstić information content (AvgIpc) is 3.52. The van der Waals surface area contributed by atoms with Crippen LogP contribution in [0.15, 0.2) is 40.8 Å². The summed E-state index contributed by atoms with van der Waals surface area (Å²) in [6.45, 7) is 1.44. The predicted octanol–water partition coefficient (Wildman–Crippen LogP) is 1.49. The summed E-state index contributed by atoms with van der Waals surface area (Å²) in [5.74, 6) is 0.572. The first-order chi connectivity index (χ1) is 17.4. The molecule has 3 aliphatic rings. The summed E-state index contributed by atoms with van der Waals surface area (Å²) in [5.41, 5.74) is 0.646. The third kappa shape index (κ3) is 3.54. The lowest BCUT2D eigenvalue weighted by molar-refractivity contribution is -0.125. The molecule has 0 aliphatic carbocycles. The van der Waals surface area contributed by atoms with E-state index in [-0.39, 0.29) is 24.8 Å². The zero-order valence-corrected chi connectivity index (χ0v) is 19.6. The van der Waals surface area contributed by atoms with E-state index in [4.69, 9.17) is 9.15 Å². The van der Waals surface area contributed by atoms with Gasteiger partial charge in [0, 0.05) is 31.3 Å². The molecule has 36 heavy (non-hydrogen) atoms. The van der Waals surface area contributed by atoms with Crippen LogP contribution in [0, 0.1) is 0 Å². The minimum Gasteiger partial charge on any atom is -0.497 e. The van der Waals surface area contributed by atoms with Gasteiger partial charge in [0.1, 0.15) is 22.8 Å². The molecule has 3 N–H and O–H groups in total. The normalized spacial score (nSPS) is 23.7. The molecule has 4 amide bonds. The molecule has 3 aliphatic heterocycles. The van der Waals surface area contributed by atoms with Gasteiger partial charge in [-0.1, -0.05) is 6.07 Å². The number of rotatable bonds is 5. The van der Waals surface area contributed by atoms with E-state index in [2.05, 4.69) is 15.6 Å². The number of aliphatic hydroxyl groups is 1. The van der Waals surface area contributed by atoms with Crippen molar-refractivity contribution in [3.05, 3.63) is 53.3 Å². The van der Waals surface area contributed by atoms with E-state index >= 15 is 0 Å². The van der Waals surface area contributed by atoms with Crippen molar-refractivity contribution < 1.29 is 28.6 Å². The monoisotopic (exact) mass is 491 g/mol. The Hall–Kier alpha value is -4.12. The number of furan rings is 1. The smallest absolute Gasteiger partial charge is 0.322 e. The van der Waals surface area contributed by atoms with Crippen LogP contribution in [0.3, 0.4) is 0 Å². The number of imide groups is 1. The molecule has 0 bridgehead atoms. The lowest BCUT2D eigenvalue weighted by Gasteiger charge is -2.30. The SMILES string of the molecule is COc1ccc2c(c1)C(=O)N(CC1(c3cc4nc(N5CCCC(O)C5)ccc4o3)NC(=O)NC1=O)C2. The summed E-state index contributed by atoms with van der Waals surface area (Å²) in [4.78, 5) is 46.8. The number of urea groups is 1. The third-order valence-corrected chi connectivity index (χ3v) is 7.07. The number of carbonyl (C=O) groups excluding carboxylic acids is 3. The van der Waals surface area contributed by atoms with Crippen molar-refractivity contribution in [2.75, 3.05) is 31.6 Å². The Labute approximate surface area is 206 Å². The van der Waals surface area contributed by atoms with Gasteiger partial charge in [0.05, 0.1) is 19.8 Å². The Morgan fingerprint density at radius 1 is 1.22 bits per heavy atom. The van der Waals surface area contributed by atoms with E-state index in [9.17, 15) is 19.5 Å². The van der Waals surface area contributed by atoms with Gasteiger partial charge in [-0.2, -0.15) is 0 Å². The van der Waals surface area contributed by atoms with Gasteiger partial charge in [-0.05, 0) is 42.7 Å². The topological polar surface area (TPSA) is 137 Å². The molecule has 1 aromatic carbocycles. The minimum absolute atomic E-state index is 0.120. The molecule has 0 spiro atoms. The Kier molecular flexibility index (Phi) is 5.11. The van der Waals surface area contributed by atoms with Crippen LogP contribution in [-0.2, 0) is 16.9 Å². The molecule has 11 heteroatoms. The van der Waals surface area contributed by atoms with Crippen molar-refractivity contribution in [1.29, 1.82) is 0 Å².